The molecule has 0 bridgehead atoms. The van der Waals surface area contributed by atoms with Crippen molar-refractivity contribution in [1.82, 2.24) is 5.32 Å². The summed E-state index contributed by atoms with van der Waals surface area (Å²) in [4.78, 5) is 12.3. The zero-order valence-corrected chi connectivity index (χ0v) is 16.7. The van der Waals surface area contributed by atoms with Crippen molar-refractivity contribution in [3.63, 3.8) is 0 Å². The molecule has 1 aromatic rings. The molecule has 1 aliphatic rings. The Morgan fingerprint density at radius 2 is 2.00 bits per heavy atom. The Balaban J connectivity index is 2.04. The van der Waals surface area contributed by atoms with Gasteiger partial charge in [0.1, 0.15) is 0 Å². The monoisotopic (exact) mass is 597 g/mol. The minimum atomic E-state index is -0.00922. The van der Waals surface area contributed by atoms with Gasteiger partial charge < -0.3 is 10.4 Å². The lowest BCUT2D eigenvalue weighted by molar-refractivity contribution is 0.0939. The molecule has 6 heteroatoms. The number of nitrogens with one attached hydrogen (secondary N) is 1. The van der Waals surface area contributed by atoms with Crippen LogP contribution in [0.1, 0.15) is 29.6 Å². The largest absolute Gasteiger partial charge is 0.396 e. The van der Waals surface area contributed by atoms with Crippen LogP contribution in [0.3, 0.4) is 0 Å². The summed E-state index contributed by atoms with van der Waals surface area (Å²) < 4.78 is 3.18. The molecule has 0 spiro atoms. The second-order valence-electron chi connectivity index (χ2n) is 4.91. The Labute approximate surface area is 153 Å². The van der Waals surface area contributed by atoms with Crippen LogP contribution < -0.4 is 5.32 Å². The van der Waals surface area contributed by atoms with E-state index in [1.807, 2.05) is 6.07 Å². The summed E-state index contributed by atoms with van der Waals surface area (Å²) in [6.07, 6.45) is 3.00. The van der Waals surface area contributed by atoms with Gasteiger partial charge in [-0.25, -0.2) is 0 Å². The molecule has 0 saturated heterocycles. The third-order valence-electron chi connectivity index (χ3n) is 3.46. The predicted molar refractivity (Wildman–Crippen MR) is 100 cm³/mol. The van der Waals surface area contributed by atoms with Crippen LogP contribution in [0.25, 0.3) is 0 Å². The first-order valence-electron chi connectivity index (χ1n) is 6.01. The lowest BCUT2D eigenvalue weighted by Crippen LogP contribution is -2.31. The van der Waals surface area contributed by atoms with Crippen molar-refractivity contribution < 1.29 is 9.90 Å². The fourth-order valence-electron chi connectivity index (χ4n) is 2.01. The molecule has 0 atom stereocenters. The highest BCUT2D eigenvalue weighted by atomic mass is 127. The van der Waals surface area contributed by atoms with Crippen molar-refractivity contribution in [2.75, 3.05) is 13.2 Å². The minimum Gasteiger partial charge on any atom is -0.396 e. The molecular formula is C13H14I3NO2. The van der Waals surface area contributed by atoms with Crippen LogP contribution in [0.4, 0.5) is 0 Å². The van der Waals surface area contributed by atoms with E-state index >= 15 is 0 Å². The minimum absolute atomic E-state index is 0.00922. The molecule has 0 aliphatic heterocycles. The fraction of sp³-hybridized carbons (Fsp3) is 0.462. The molecular weight excluding hydrogens is 583 g/mol. The van der Waals surface area contributed by atoms with Gasteiger partial charge >= 0.3 is 0 Å². The van der Waals surface area contributed by atoms with Crippen LogP contribution in [-0.4, -0.2) is 24.2 Å². The van der Waals surface area contributed by atoms with Crippen LogP contribution in [-0.2, 0) is 0 Å². The van der Waals surface area contributed by atoms with E-state index in [2.05, 4.69) is 79.2 Å². The number of hydrogen-bond acceptors (Lipinski definition) is 2. The molecule has 19 heavy (non-hydrogen) atoms. The summed E-state index contributed by atoms with van der Waals surface area (Å²) >= 11 is 6.70. The Morgan fingerprint density at radius 1 is 1.32 bits per heavy atom. The molecule has 1 fully saturated rings. The predicted octanol–water partition coefficient (Wildman–Crippen LogP) is 3.39. The van der Waals surface area contributed by atoms with E-state index < -0.39 is 0 Å². The first-order valence-corrected chi connectivity index (χ1v) is 9.25. The molecule has 1 saturated carbocycles. The highest BCUT2D eigenvalue weighted by molar-refractivity contribution is 14.1. The van der Waals surface area contributed by atoms with E-state index in [0.717, 1.165) is 35.5 Å². The van der Waals surface area contributed by atoms with Crippen molar-refractivity contribution >= 4 is 73.7 Å². The summed E-state index contributed by atoms with van der Waals surface area (Å²) in [6, 6.07) is 3.99. The fourth-order valence-corrected chi connectivity index (χ4v) is 4.41. The van der Waals surface area contributed by atoms with Gasteiger partial charge in [0, 0.05) is 23.9 Å². The second kappa shape index (κ2) is 6.73. The Bertz CT molecular complexity index is 501. The average Bonchev–Trinajstić information content (AvgIpc) is 3.12. The van der Waals surface area contributed by atoms with E-state index in [0.29, 0.717) is 6.54 Å². The number of carbonyl (C=O) groups excluding carboxylic acids is 1. The normalized spacial score (nSPS) is 16.2. The van der Waals surface area contributed by atoms with Gasteiger partial charge in [-0.15, -0.1) is 0 Å². The first-order chi connectivity index (χ1) is 8.97. The Morgan fingerprint density at radius 3 is 2.58 bits per heavy atom. The van der Waals surface area contributed by atoms with Gasteiger partial charge in [-0.05, 0) is 105 Å². The number of aliphatic hydroxyl groups is 1. The summed E-state index contributed by atoms with van der Waals surface area (Å²) in [6.45, 7) is 0.874. The van der Waals surface area contributed by atoms with Crippen LogP contribution in [0.2, 0.25) is 0 Å². The van der Waals surface area contributed by atoms with Crippen molar-refractivity contribution in [3.05, 3.63) is 28.4 Å². The number of aliphatic hydroxyl groups excluding tert-OH is 1. The average molecular weight is 597 g/mol. The summed E-state index contributed by atoms with van der Waals surface area (Å²) in [5.41, 5.74) is 0.905. The SMILES string of the molecule is O=C(NCC1(CCO)CC1)c1cc(I)cc(I)c1I. The van der Waals surface area contributed by atoms with E-state index in [9.17, 15) is 4.79 Å². The topological polar surface area (TPSA) is 49.3 Å². The second-order valence-corrected chi connectivity index (χ2v) is 8.39. The summed E-state index contributed by atoms with van der Waals surface area (Å²) in [5, 5.41) is 12.0. The van der Waals surface area contributed by atoms with Gasteiger partial charge in [0.05, 0.1) is 5.56 Å². The molecule has 1 aromatic carbocycles. The van der Waals surface area contributed by atoms with E-state index in [4.69, 9.17) is 5.11 Å². The maximum absolute atomic E-state index is 12.3. The smallest absolute Gasteiger partial charge is 0.252 e. The highest BCUT2D eigenvalue weighted by Crippen LogP contribution is 2.47. The lowest BCUT2D eigenvalue weighted by Gasteiger charge is -2.15. The van der Waals surface area contributed by atoms with Gasteiger partial charge in [0.2, 0.25) is 0 Å². The van der Waals surface area contributed by atoms with Gasteiger partial charge in [0.15, 0.2) is 0 Å². The number of amides is 1. The van der Waals surface area contributed by atoms with E-state index in [1.165, 1.54) is 0 Å². The molecule has 1 aliphatic carbocycles. The van der Waals surface area contributed by atoms with Gasteiger partial charge in [-0.3, -0.25) is 4.79 Å². The van der Waals surface area contributed by atoms with Crippen LogP contribution >= 0.6 is 67.8 Å². The van der Waals surface area contributed by atoms with Crippen molar-refractivity contribution in [1.29, 1.82) is 0 Å². The first kappa shape index (κ1) is 16.2. The molecule has 3 nitrogen and oxygen atoms in total. The van der Waals surface area contributed by atoms with Crippen molar-refractivity contribution in [2.24, 2.45) is 5.41 Å². The number of carbonyl (C=O) groups is 1. The van der Waals surface area contributed by atoms with Crippen molar-refractivity contribution in [2.45, 2.75) is 19.3 Å². The zero-order chi connectivity index (χ0) is 14.0. The summed E-state index contributed by atoms with van der Waals surface area (Å²) in [5.74, 6) is -0.00922. The van der Waals surface area contributed by atoms with Gasteiger partial charge in [0.25, 0.3) is 5.91 Å². The molecule has 0 aromatic heterocycles. The Hall–Kier alpha value is 0.840. The molecule has 2 N–H and O–H groups in total. The van der Waals surface area contributed by atoms with Crippen LogP contribution in [0.5, 0.6) is 0 Å². The molecule has 1 amide bonds. The molecule has 0 unspecified atom stereocenters. The summed E-state index contributed by atoms with van der Waals surface area (Å²) in [7, 11) is 0. The van der Waals surface area contributed by atoms with Crippen molar-refractivity contribution in [3.8, 4) is 0 Å². The number of benzene rings is 1. The maximum atomic E-state index is 12.3. The van der Waals surface area contributed by atoms with Gasteiger partial charge in [-0.1, -0.05) is 0 Å². The molecule has 2 rings (SSSR count). The van der Waals surface area contributed by atoms with Gasteiger partial charge in [-0.2, -0.15) is 0 Å². The highest BCUT2D eigenvalue weighted by Gasteiger charge is 2.41. The molecule has 0 heterocycles. The lowest BCUT2D eigenvalue weighted by atomic mass is 10.0. The number of halogens is 3. The van der Waals surface area contributed by atoms with E-state index in [1.54, 1.807) is 0 Å². The maximum Gasteiger partial charge on any atom is 0.252 e. The zero-order valence-electron chi connectivity index (χ0n) is 10.2. The third kappa shape index (κ3) is 4.16. The Kier molecular flexibility index (Phi) is 5.75. The third-order valence-corrected chi connectivity index (χ3v) is 7.13. The van der Waals surface area contributed by atoms with Crippen LogP contribution in [0.15, 0.2) is 12.1 Å². The van der Waals surface area contributed by atoms with E-state index in [-0.39, 0.29) is 17.9 Å². The molecule has 104 valence electrons. The quantitative estimate of drug-likeness (QED) is 0.405. The number of rotatable bonds is 5. The number of hydrogen-bond donors (Lipinski definition) is 2. The standard InChI is InChI=1S/C13H14I3NO2/c14-8-5-9(11(16)10(15)6-8)12(19)17-7-13(1-2-13)3-4-18/h5-6,18H,1-4,7H2,(H,17,19). The van der Waals surface area contributed by atoms with Crippen LogP contribution in [0, 0.1) is 16.1 Å². The molecule has 0 radical (unpaired) electrons.